The fraction of sp³-hybridized carbons (Fsp3) is 0.938. The number of hydrogen-bond donors (Lipinski definition) is 0. The summed E-state index contributed by atoms with van der Waals surface area (Å²) in [6.07, 6.45) is -8.07. The first kappa shape index (κ1) is 33.7. The van der Waals surface area contributed by atoms with Gasteiger partial charge in [-0.1, -0.05) is 0 Å². The van der Waals surface area contributed by atoms with E-state index in [1.807, 2.05) is 0 Å². The average molecular weight is 568 g/mol. The Kier molecular flexibility index (Phi) is 10.9. The van der Waals surface area contributed by atoms with Crippen molar-refractivity contribution < 1.29 is 79.9 Å². The molecule has 0 bridgehead atoms. The minimum absolute atomic E-state index is 0.0299. The zero-order chi connectivity index (χ0) is 28.1. The topological polar surface area (TPSA) is 54.0 Å². The van der Waals surface area contributed by atoms with Gasteiger partial charge in [-0.2, -0.15) is 57.1 Å². The van der Waals surface area contributed by atoms with E-state index in [-0.39, 0.29) is 25.9 Å². The van der Waals surface area contributed by atoms with Crippen molar-refractivity contribution in [3.05, 3.63) is 0 Å². The molecule has 0 aliphatic rings. The van der Waals surface area contributed by atoms with Crippen LogP contribution in [0.15, 0.2) is 0 Å². The quantitative estimate of drug-likeness (QED) is 0.110. The van der Waals surface area contributed by atoms with Crippen LogP contribution in [0.4, 0.5) is 57.1 Å². The Labute approximate surface area is 191 Å². The summed E-state index contributed by atoms with van der Waals surface area (Å²) in [5.74, 6) is -42.3. The molecular weight excluding hydrogens is 547 g/mol. The van der Waals surface area contributed by atoms with Crippen LogP contribution in [0, 0.1) is 0 Å². The Balaban J connectivity index is 5.68. The molecule has 0 rings (SSSR count). The van der Waals surface area contributed by atoms with Crippen molar-refractivity contribution in [1.29, 1.82) is 0 Å². The van der Waals surface area contributed by atoms with E-state index in [0.717, 1.165) is 0 Å². The van der Waals surface area contributed by atoms with E-state index in [2.05, 4.69) is 4.74 Å². The van der Waals surface area contributed by atoms with Gasteiger partial charge in [-0.25, -0.2) is 4.79 Å². The molecule has 0 saturated heterocycles. The molecule has 0 aliphatic carbocycles. The molecule has 0 aromatic carbocycles. The summed E-state index contributed by atoms with van der Waals surface area (Å²) < 4.78 is 189. The predicted octanol–water partition coefficient (Wildman–Crippen LogP) is 5.71. The lowest BCUT2D eigenvalue weighted by atomic mass is 9.94. The van der Waals surface area contributed by atoms with Crippen LogP contribution >= 0.6 is 0 Å². The molecule has 0 unspecified atom stereocenters. The summed E-state index contributed by atoms with van der Waals surface area (Å²) in [4.78, 5) is 11.3. The second-order valence-corrected chi connectivity index (χ2v) is 9.32. The fourth-order valence-electron chi connectivity index (χ4n) is 2.44. The molecule has 0 aromatic rings. The molecule has 0 N–H and O–H groups in total. The molecule has 0 amide bonds. The van der Waals surface area contributed by atoms with Crippen LogP contribution < -0.4 is 0 Å². The second-order valence-electron chi connectivity index (χ2n) is 6.59. The molecule has 0 fully saturated rings. The molecule has 0 atom stereocenters. The van der Waals surface area contributed by atoms with Crippen LogP contribution in [-0.4, -0.2) is 77.0 Å². The number of esters is 1. The van der Waals surface area contributed by atoms with Crippen LogP contribution in [0.1, 0.15) is 27.2 Å². The van der Waals surface area contributed by atoms with Crippen molar-refractivity contribution in [3.63, 3.8) is 0 Å². The maximum Gasteiger partial charge on any atom is 0.501 e. The van der Waals surface area contributed by atoms with Gasteiger partial charge in [0.2, 0.25) is 0 Å². The van der Waals surface area contributed by atoms with Gasteiger partial charge in [0.05, 0.1) is 6.61 Å². The third-order valence-electron chi connectivity index (χ3n) is 4.14. The van der Waals surface area contributed by atoms with Gasteiger partial charge in [0, 0.05) is 25.9 Å². The van der Waals surface area contributed by atoms with E-state index in [4.69, 9.17) is 13.3 Å². The highest BCUT2D eigenvalue weighted by atomic mass is 28.4. The van der Waals surface area contributed by atoms with E-state index in [0.29, 0.717) is 0 Å². The number of ether oxygens (including phenoxy) is 1. The Hall–Kier alpha value is -1.34. The maximum atomic E-state index is 13.7. The number of alkyl halides is 13. The first-order chi connectivity index (χ1) is 15.6. The lowest BCUT2D eigenvalue weighted by Gasteiger charge is -2.38. The highest BCUT2D eigenvalue weighted by molar-refractivity contribution is 6.60. The molecule has 0 spiro atoms. The number of carbonyl (C=O) groups is 1. The summed E-state index contributed by atoms with van der Waals surface area (Å²) in [5.41, 5.74) is 0. The van der Waals surface area contributed by atoms with E-state index in [1.165, 1.54) is 20.8 Å². The average Bonchev–Trinajstić information content (AvgIpc) is 2.70. The molecular formula is C16H21F13O5Si. The van der Waals surface area contributed by atoms with Gasteiger partial charge < -0.3 is 18.0 Å². The second kappa shape index (κ2) is 11.4. The van der Waals surface area contributed by atoms with E-state index < -0.39 is 63.6 Å². The molecule has 0 heterocycles. The standard InChI is InChI=1S/C16H21F13O5Si/c1-4-32-35(33-5-2,34-6-3)9-7-8-31-10(30)11(17,18)12(19,20)13(21,22)14(23,24)15(25,26)16(27,28)29/h4-9H2,1-3H3. The van der Waals surface area contributed by atoms with Gasteiger partial charge in [0.25, 0.3) is 0 Å². The van der Waals surface area contributed by atoms with E-state index >= 15 is 0 Å². The Morgan fingerprint density at radius 2 is 1.00 bits per heavy atom. The van der Waals surface area contributed by atoms with E-state index in [9.17, 15) is 61.9 Å². The summed E-state index contributed by atoms with van der Waals surface area (Å²) in [6.45, 7) is 3.39. The Morgan fingerprint density at radius 1 is 0.629 bits per heavy atom. The first-order valence-corrected chi connectivity index (χ1v) is 11.5. The van der Waals surface area contributed by atoms with Crippen LogP contribution in [0.25, 0.3) is 0 Å². The first-order valence-electron chi connectivity index (χ1n) is 9.61. The monoisotopic (exact) mass is 568 g/mol. The predicted molar refractivity (Wildman–Crippen MR) is 91.8 cm³/mol. The minimum Gasteiger partial charge on any atom is -0.461 e. The van der Waals surface area contributed by atoms with Crippen LogP contribution in [-0.2, 0) is 22.8 Å². The van der Waals surface area contributed by atoms with Crippen LogP contribution in [0.5, 0.6) is 0 Å². The van der Waals surface area contributed by atoms with Gasteiger partial charge in [0.15, 0.2) is 0 Å². The van der Waals surface area contributed by atoms with Gasteiger partial charge in [-0.05, 0) is 27.2 Å². The maximum absolute atomic E-state index is 13.7. The molecule has 210 valence electrons. The van der Waals surface area contributed by atoms with Crippen LogP contribution in [0.3, 0.4) is 0 Å². The van der Waals surface area contributed by atoms with Crippen molar-refractivity contribution in [1.82, 2.24) is 0 Å². The fourth-order valence-corrected chi connectivity index (χ4v) is 5.02. The smallest absolute Gasteiger partial charge is 0.461 e. The Morgan fingerprint density at radius 3 is 1.34 bits per heavy atom. The SMILES string of the molecule is CCO[Si](CCCOC(=O)C(F)(F)C(F)(F)C(F)(F)C(F)(F)C(F)(F)C(F)(F)F)(OCC)OCC. The molecule has 19 heteroatoms. The zero-order valence-electron chi connectivity index (χ0n) is 18.2. The number of carbonyl (C=O) groups excluding carboxylic acids is 1. The van der Waals surface area contributed by atoms with Gasteiger partial charge >= 0.3 is 50.6 Å². The van der Waals surface area contributed by atoms with Crippen molar-refractivity contribution >= 4 is 14.8 Å². The largest absolute Gasteiger partial charge is 0.501 e. The highest BCUT2D eigenvalue weighted by Crippen LogP contribution is 2.60. The number of rotatable bonds is 15. The molecule has 0 saturated carbocycles. The third-order valence-corrected chi connectivity index (χ3v) is 7.29. The normalized spacial score (nSPS) is 14.9. The Bertz CT molecular complexity index is 683. The lowest BCUT2D eigenvalue weighted by molar-refractivity contribution is -0.437. The zero-order valence-corrected chi connectivity index (χ0v) is 19.2. The molecule has 35 heavy (non-hydrogen) atoms. The summed E-state index contributed by atoms with van der Waals surface area (Å²) in [7, 11) is -3.48. The lowest BCUT2D eigenvalue weighted by Crippen LogP contribution is -2.71. The van der Waals surface area contributed by atoms with Crippen LogP contribution in [0.2, 0.25) is 6.04 Å². The minimum atomic E-state index is -8.09. The molecule has 0 aromatic heterocycles. The van der Waals surface area contributed by atoms with Crippen molar-refractivity contribution in [3.8, 4) is 0 Å². The highest BCUT2D eigenvalue weighted by Gasteiger charge is 2.92. The van der Waals surface area contributed by atoms with Gasteiger partial charge in [-0.3, -0.25) is 0 Å². The summed E-state index contributed by atoms with van der Waals surface area (Å²) in [6, 6.07) is -0.288. The third kappa shape index (κ3) is 6.33. The molecule has 0 aliphatic heterocycles. The molecule has 0 radical (unpaired) electrons. The van der Waals surface area contributed by atoms with Crippen molar-refractivity contribution in [2.24, 2.45) is 0 Å². The van der Waals surface area contributed by atoms with Crippen molar-refractivity contribution in [2.45, 2.75) is 69.0 Å². The van der Waals surface area contributed by atoms with Gasteiger partial charge in [-0.15, -0.1) is 0 Å². The number of hydrogen-bond acceptors (Lipinski definition) is 5. The van der Waals surface area contributed by atoms with Crippen molar-refractivity contribution in [2.75, 3.05) is 26.4 Å². The molecule has 5 nitrogen and oxygen atoms in total. The summed E-state index contributed by atoms with van der Waals surface area (Å²) in [5, 5.41) is 0. The van der Waals surface area contributed by atoms with Gasteiger partial charge in [0.1, 0.15) is 0 Å². The number of halogens is 13. The van der Waals surface area contributed by atoms with E-state index in [1.54, 1.807) is 0 Å². The summed E-state index contributed by atoms with van der Waals surface area (Å²) >= 11 is 0.